The molecule has 0 aliphatic carbocycles. The Morgan fingerprint density at radius 1 is 1.37 bits per heavy atom. The molecule has 0 amide bonds. The molecule has 0 spiro atoms. The lowest BCUT2D eigenvalue weighted by Gasteiger charge is -2.06. The molecule has 0 aliphatic rings. The average molecular weight is 280 g/mol. The Balaban J connectivity index is 2.45. The molecular weight excluding hydrogens is 273 g/mol. The van der Waals surface area contributed by atoms with Gasteiger partial charge in [-0.25, -0.2) is 9.18 Å². The van der Waals surface area contributed by atoms with Crippen molar-refractivity contribution in [2.75, 3.05) is 0 Å². The van der Waals surface area contributed by atoms with E-state index in [0.29, 0.717) is 5.56 Å². The maximum atomic E-state index is 13.2. The van der Waals surface area contributed by atoms with Gasteiger partial charge in [-0.2, -0.15) is 5.26 Å². The molecule has 0 saturated heterocycles. The van der Waals surface area contributed by atoms with Crippen molar-refractivity contribution in [1.29, 1.82) is 5.26 Å². The van der Waals surface area contributed by atoms with Gasteiger partial charge in [0.25, 0.3) is 5.56 Å². The first kappa shape index (κ1) is 13.1. The van der Waals surface area contributed by atoms with Crippen LogP contribution in [0.4, 0.5) is 4.39 Å². The molecule has 1 aromatic heterocycles. The van der Waals surface area contributed by atoms with Crippen molar-refractivity contribution in [3.8, 4) is 6.07 Å². The predicted octanol–water partition coefficient (Wildman–Crippen LogP) is 1.25. The Morgan fingerprint density at radius 2 is 2.11 bits per heavy atom. The Bertz CT molecular complexity index is 789. The minimum Gasteiger partial charge on any atom is -0.295 e. The van der Waals surface area contributed by atoms with Crippen molar-refractivity contribution in [2.24, 2.45) is 0 Å². The number of benzene rings is 1. The van der Waals surface area contributed by atoms with Crippen molar-refractivity contribution in [2.45, 2.75) is 6.54 Å². The highest BCUT2D eigenvalue weighted by Gasteiger charge is 2.05. The van der Waals surface area contributed by atoms with Gasteiger partial charge in [0.15, 0.2) is 0 Å². The van der Waals surface area contributed by atoms with E-state index in [-0.39, 0.29) is 17.1 Å². The second kappa shape index (κ2) is 5.08. The van der Waals surface area contributed by atoms with Gasteiger partial charge in [-0.1, -0.05) is 11.6 Å². The van der Waals surface area contributed by atoms with Gasteiger partial charge in [0.05, 0.1) is 18.2 Å². The highest BCUT2D eigenvalue weighted by Crippen LogP contribution is 2.10. The van der Waals surface area contributed by atoms with Crippen LogP contribution >= 0.6 is 11.6 Å². The SMILES string of the molecule is N#Cc1cc(F)cc(Cn2cc(Cl)c(=O)[nH]c2=O)c1. The Kier molecular flexibility index (Phi) is 3.49. The van der Waals surface area contributed by atoms with Gasteiger partial charge in [-0.3, -0.25) is 14.3 Å². The molecule has 0 bridgehead atoms. The zero-order valence-electron chi connectivity index (χ0n) is 9.48. The first-order chi connectivity index (χ1) is 8.99. The van der Waals surface area contributed by atoms with Crippen LogP contribution in [-0.4, -0.2) is 9.55 Å². The van der Waals surface area contributed by atoms with E-state index in [4.69, 9.17) is 16.9 Å². The predicted molar refractivity (Wildman–Crippen MR) is 66.5 cm³/mol. The first-order valence-electron chi connectivity index (χ1n) is 5.18. The molecule has 0 saturated carbocycles. The van der Waals surface area contributed by atoms with E-state index in [0.717, 1.165) is 10.6 Å². The number of halogens is 2. The number of aromatic amines is 1. The van der Waals surface area contributed by atoms with Crippen LogP contribution in [0.1, 0.15) is 11.1 Å². The van der Waals surface area contributed by atoms with E-state index in [1.807, 2.05) is 11.1 Å². The lowest BCUT2D eigenvalue weighted by molar-refractivity contribution is 0.621. The molecule has 7 heteroatoms. The minimum absolute atomic E-state index is 0.00176. The maximum absolute atomic E-state index is 13.2. The number of hydrogen-bond acceptors (Lipinski definition) is 3. The van der Waals surface area contributed by atoms with Crippen molar-refractivity contribution in [3.05, 3.63) is 67.2 Å². The molecule has 1 heterocycles. The molecule has 1 aromatic carbocycles. The van der Waals surface area contributed by atoms with Crippen molar-refractivity contribution in [1.82, 2.24) is 9.55 Å². The van der Waals surface area contributed by atoms with Gasteiger partial charge in [-0.05, 0) is 23.8 Å². The van der Waals surface area contributed by atoms with Crippen LogP contribution in [0.25, 0.3) is 0 Å². The quantitative estimate of drug-likeness (QED) is 0.898. The Morgan fingerprint density at radius 3 is 2.79 bits per heavy atom. The second-order valence-corrected chi connectivity index (χ2v) is 4.23. The lowest BCUT2D eigenvalue weighted by Crippen LogP contribution is -2.29. The van der Waals surface area contributed by atoms with Gasteiger partial charge in [0, 0.05) is 6.20 Å². The number of H-pyrrole nitrogens is 1. The van der Waals surface area contributed by atoms with E-state index in [2.05, 4.69) is 0 Å². The van der Waals surface area contributed by atoms with Gasteiger partial charge in [0.2, 0.25) is 0 Å². The van der Waals surface area contributed by atoms with E-state index in [1.165, 1.54) is 18.3 Å². The molecule has 1 N–H and O–H groups in total. The smallest absolute Gasteiger partial charge is 0.295 e. The summed E-state index contributed by atoms with van der Waals surface area (Å²) < 4.78 is 14.4. The summed E-state index contributed by atoms with van der Waals surface area (Å²) >= 11 is 5.61. The molecule has 0 radical (unpaired) electrons. The molecule has 0 aliphatic heterocycles. The third-order valence-corrected chi connectivity index (χ3v) is 2.68. The van der Waals surface area contributed by atoms with E-state index in [9.17, 15) is 14.0 Å². The molecule has 0 unspecified atom stereocenters. The third-order valence-electron chi connectivity index (χ3n) is 2.41. The number of nitriles is 1. The average Bonchev–Trinajstić information content (AvgIpc) is 2.35. The zero-order chi connectivity index (χ0) is 14.0. The standard InChI is InChI=1S/C12H7ClFN3O2/c13-10-6-17(12(19)16-11(10)18)5-8-1-7(4-15)2-9(14)3-8/h1-3,6H,5H2,(H,16,18,19). The van der Waals surface area contributed by atoms with E-state index >= 15 is 0 Å². The number of rotatable bonds is 2. The van der Waals surface area contributed by atoms with E-state index < -0.39 is 17.1 Å². The summed E-state index contributed by atoms with van der Waals surface area (Å²) in [6.45, 7) is 0.00176. The largest absolute Gasteiger partial charge is 0.328 e. The van der Waals surface area contributed by atoms with Crippen LogP contribution in [0.2, 0.25) is 5.02 Å². The summed E-state index contributed by atoms with van der Waals surface area (Å²) in [5.41, 5.74) is -0.766. The number of hydrogen-bond donors (Lipinski definition) is 1. The van der Waals surface area contributed by atoms with Crippen LogP contribution in [0.3, 0.4) is 0 Å². The molecule has 5 nitrogen and oxygen atoms in total. The van der Waals surface area contributed by atoms with Gasteiger partial charge in [-0.15, -0.1) is 0 Å². The molecule has 96 valence electrons. The fraction of sp³-hybridized carbons (Fsp3) is 0.0833. The maximum Gasteiger partial charge on any atom is 0.328 e. The fourth-order valence-electron chi connectivity index (χ4n) is 1.60. The zero-order valence-corrected chi connectivity index (χ0v) is 10.2. The highest BCUT2D eigenvalue weighted by atomic mass is 35.5. The number of aromatic nitrogens is 2. The van der Waals surface area contributed by atoms with Crippen molar-refractivity contribution < 1.29 is 4.39 Å². The molecule has 2 rings (SSSR count). The molecule has 0 atom stereocenters. The summed E-state index contributed by atoms with van der Waals surface area (Å²) in [4.78, 5) is 24.7. The topological polar surface area (TPSA) is 78.7 Å². The van der Waals surface area contributed by atoms with Gasteiger partial charge in [0.1, 0.15) is 10.8 Å². The summed E-state index contributed by atoms with van der Waals surface area (Å²) in [6, 6.07) is 5.56. The van der Waals surface area contributed by atoms with Gasteiger partial charge >= 0.3 is 5.69 Å². The highest BCUT2D eigenvalue weighted by molar-refractivity contribution is 6.30. The second-order valence-electron chi connectivity index (χ2n) is 3.82. The van der Waals surface area contributed by atoms with Crippen LogP contribution in [-0.2, 0) is 6.54 Å². The summed E-state index contributed by atoms with van der Waals surface area (Å²) in [6.07, 6.45) is 1.17. The Hall–Kier alpha value is -2.39. The summed E-state index contributed by atoms with van der Waals surface area (Å²) in [5, 5.41) is 8.59. The monoisotopic (exact) mass is 279 g/mol. The lowest BCUT2D eigenvalue weighted by atomic mass is 10.1. The minimum atomic E-state index is -0.681. The molecule has 19 heavy (non-hydrogen) atoms. The molecule has 0 fully saturated rings. The van der Waals surface area contributed by atoms with Crippen LogP contribution in [0, 0.1) is 17.1 Å². The van der Waals surface area contributed by atoms with Crippen LogP contribution in [0.5, 0.6) is 0 Å². The number of nitrogens with one attached hydrogen (secondary N) is 1. The van der Waals surface area contributed by atoms with Crippen LogP contribution in [0.15, 0.2) is 34.0 Å². The normalized spacial score (nSPS) is 10.2. The molecule has 2 aromatic rings. The van der Waals surface area contributed by atoms with Crippen molar-refractivity contribution in [3.63, 3.8) is 0 Å². The fourth-order valence-corrected chi connectivity index (χ4v) is 1.77. The molecular formula is C12H7ClFN3O2. The summed E-state index contributed by atoms with van der Waals surface area (Å²) in [5.74, 6) is -0.572. The Labute approximate surface area is 111 Å². The van der Waals surface area contributed by atoms with Crippen molar-refractivity contribution >= 4 is 11.6 Å². The van der Waals surface area contributed by atoms with Crippen LogP contribution < -0.4 is 11.2 Å². The first-order valence-corrected chi connectivity index (χ1v) is 5.56. The number of nitrogens with zero attached hydrogens (tertiary/aromatic N) is 2. The summed E-state index contributed by atoms with van der Waals surface area (Å²) in [7, 11) is 0. The third kappa shape index (κ3) is 2.89. The van der Waals surface area contributed by atoms with Gasteiger partial charge < -0.3 is 0 Å². The van der Waals surface area contributed by atoms with E-state index in [1.54, 1.807) is 0 Å².